The lowest BCUT2D eigenvalue weighted by atomic mass is 9.97. The van der Waals surface area contributed by atoms with E-state index in [2.05, 4.69) is 10.2 Å². The topological polar surface area (TPSA) is 79.0 Å². The van der Waals surface area contributed by atoms with Crippen molar-refractivity contribution in [1.82, 2.24) is 9.21 Å². The lowest BCUT2D eigenvalue weighted by molar-refractivity contribution is -0.121. The molecule has 0 radical (unpaired) electrons. The van der Waals surface area contributed by atoms with Crippen LogP contribution in [-0.2, 0) is 19.6 Å². The molecule has 1 aromatic rings. The van der Waals surface area contributed by atoms with Crippen LogP contribution in [0.4, 0.5) is 5.69 Å². The maximum absolute atomic E-state index is 12.6. The molecule has 2 aliphatic heterocycles. The van der Waals surface area contributed by atoms with Crippen molar-refractivity contribution in [2.75, 3.05) is 51.8 Å². The van der Waals surface area contributed by atoms with Gasteiger partial charge >= 0.3 is 0 Å². The van der Waals surface area contributed by atoms with E-state index in [1.807, 2.05) is 7.05 Å². The molecule has 0 spiro atoms. The zero-order valence-corrected chi connectivity index (χ0v) is 15.3. The minimum Gasteiger partial charge on any atom is -0.379 e. The highest BCUT2D eigenvalue weighted by atomic mass is 32.2. The Morgan fingerprint density at radius 3 is 2.48 bits per heavy atom. The van der Waals surface area contributed by atoms with E-state index in [-0.39, 0.29) is 16.7 Å². The molecule has 7 nitrogen and oxygen atoms in total. The highest BCUT2D eigenvalue weighted by Crippen LogP contribution is 2.21. The van der Waals surface area contributed by atoms with E-state index in [0.717, 1.165) is 25.9 Å². The van der Waals surface area contributed by atoms with E-state index in [0.29, 0.717) is 32.0 Å². The van der Waals surface area contributed by atoms with E-state index in [4.69, 9.17) is 4.74 Å². The molecule has 0 saturated carbocycles. The first-order valence-electron chi connectivity index (χ1n) is 8.64. The standard InChI is InChI=1S/C17H25N3O4S/c1-19-8-2-3-14(13-19)17(21)18-15-4-6-16(7-5-15)25(22,23)20-9-11-24-12-10-20/h4-7,14H,2-3,8-13H2,1H3,(H,18,21)/t14-/m1/s1. The smallest absolute Gasteiger partial charge is 0.243 e. The van der Waals surface area contributed by atoms with Gasteiger partial charge in [0.2, 0.25) is 15.9 Å². The molecule has 1 atom stereocenters. The zero-order valence-electron chi connectivity index (χ0n) is 14.5. The van der Waals surface area contributed by atoms with Gasteiger partial charge in [0, 0.05) is 25.3 Å². The largest absolute Gasteiger partial charge is 0.379 e. The average Bonchev–Trinajstić information content (AvgIpc) is 2.63. The van der Waals surface area contributed by atoms with Gasteiger partial charge in [0.05, 0.1) is 24.0 Å². The number of nitrogens with zero attached hydrogens (tertiary/aromatic N) is 2. The molecule has 25 heavy (non-hydrogen) atoms. The summed E-state index contributed by atoms with van der Waals surface area (Å²) < 4.78 is 31.8. The number of hydrogen-bond donors (Lipinski definition) is 1. The number of carbonyl (C=O) groups excluding carboxylic acids is 1. The van der Waals surface area contributed by atoms with Gasteiger partial charge in [-0.2, -0.15) is 4.31 Å². The summed E-state index contributed by atoms with van der Waals surface area (Å²) >= 11 is 0. The van der Waals surface area contributed by atoms with Crippen molar-refractivity contribution in [3.8, 4) is 0 Å². The van der Waals surface area contributed by atoms with Gasteiger partial charge in [-0.1, -0.05) is 0 Å². The highest BCUT2D eigenvalue weighted by Gasteiger charge is 2.27. The second kappa shape index (κ2) is 7.82. The van der Waals surface area contributed by atoms with Crippen molar-refractivity contribution >= 4 is 21.6 Å². The van der Waals surface area contributed by atoms with Crippen LogP contribution in [0.1, 0.15) is 12.8 Å². The number of sulfonamides is 1. The first kappa shape index (κ1) is 18.3. The summed E-state index contributed by atoms with van der Waals surface area (Å²) in [4.78, 5) is 14.8. The van der Waals surface area contributed by atoms with Crippen molar-refractivity contribution in [3.63, 3.8) is 0 Å². The van der Waals surface area contributed by atoms with Crippen LogP contribution >= 0.6 is 0 Å². The minimum absolute atomic E-state index is 0.00432. The molecule has 8 heteroatoms. The number of benzene rings is 1. The van der Waals surface area contributed by atoms with Crippen molar-refractivity contribution in [2.24, 2.45) is 5.92 Å². The number of likely N-dealkylation sites (tertiary alicyclic amines) is 1. The summed E-state index contributed by atoms with van der Waals surface area (Å²) in [6.45, 7) is 3.37. The van der Waals surface area contributed by atoms with E-state index in [9.17, 15) is 13.2 Å². The number of carbonyl (C=O) groups is 1. The molecule has 3 rings (SSSR count). The predicted octanol–water partition coefficient (Wildman–Crippen LogP) is 0.988. The Bertz CT molecular complexity index is 699. The summed E-state index contributed by atoms with van der Waals surface area (Å²) in [7, 11) is -1.48. The van der Waals surface area contributed by atoms with Crippen molar-refractivity contribution < 1.29 is 17.9 Å². The maximum Gasteiger partial charge on any atom is 0.243 e. The number of morpholine rings is 1. The highest BCUT2D eigenvalue weighted by molar-refractivity contribution is 7.89. The number of nitrogens with one attached hydrogen (secondary N) is 1. The van der Waals surface area contributed by atoms with Gasteiger partial charge in [-0.05, 0) is 50.7 Å². The van der Waals surface area contributed by atoms with Crippen LogP contribution in [-0.4, -0.2) is 70.0 Å². The van der Waals surface area contributed by atoms with Gasteiger partial charge in [-0.15, -0.1) is 0 Å². The van der Waals surface area contributed by atoms with Gasteiger partial charge in [0.1, 0.15) is 0 Å². The number of anilines is 1. The Balaban J connectivity index is 1.64. The van der Waals surface area contributed by atoms with Gasteiger partial charge < -0.3 is 15.0 Å². The summed E-state index contributed by atoms with van der Waals surface area (Å²) in [6, 6.07) is 6.40. The second-order valence-corrected chi connectivity index (χ2v) is 8.57. The van der Waals surface area contributed by atoms with Gasteiger partial charge in [0.15, 0.2) is 0 Å². The molecule has 138 valence electrons. The molecule has 0 unspecified atom stereocenters. The van der Waals surface area contributed by atoms with Gasteiger partial charge in [0.25, 0.3) is 0 Å². The summed E-state index contributed by atoms with van der Waals surface area (Å²) in [5.74, 6) is -0.0224. The third kappa shape index (κ3) is 4.38. The zero-order chi connectivity index (χ0) is 17.9. The number of amides is 1. The summed E-state index contributed by atoms with van der Waals surface area (Å²) in [5, 5.41) is 2.90. The predicted molar refractivity (Wildman–Crippen MR) is 94.9 cm³/mol. The lowest BCUT2D eigenvalue weighted by Gasteiger charge is -2.28. The summed E-state index contributed by atoms with van der Waals surface area (Å²) in [5.41, 5.74) is 0.624. The molecule has 2 fully saturated rings. The van der Waals surface area contributed by atoms with Gasteiger partial charge in [-0.3, -0.25) is 4.79 Å². The monoisotopic (exact) mass is 367 g/mol. The van der Waals surface area contributed by atoms with E-state index in [1.165, 1.54) is 4.31 Å². The third-order valence-electron chi connectivity index (χ3n) is 4.72. The maximum atomic E-state index is 12.6. The molecule has 2 saturated heterocycles. The second-order valence-electron chi connectivity index (χ2n) is 6.63. The third-order valence-corrected chi connectivity index (χ3v) is 6.64. The fourth-order valence-corrected chi connectivity index (χ4v) is 4.68. The first-order valence-corrected chi connectivity index (χ1v) is 10.1. The Kier molecular flexibility index (Phi) is 5.73. The van der Waals surface area contributed by atoms with Crippen molar-refractivity contribution in [2.45, 2.75) is 17.7 Å². The van der Waals surface area contributed by atoms with Crippen molar-refractivity contribution in [3.05, 3.63) is 24.3 Å². The molecule has 0 aliphatic carbocycles. The molecule has 1 amide bonds. The fourth-order valence-electron chi connectivity index (χ4n) is 3.27. The molecular weight excluding hydrogens is 342 g/mol. The number of piperidine rings is 1. The Morgan fingerprint density at radius 2 is 1.84 bits per heavy atom. The number of hydrogen-bond acceptors (Lipinski definition) is 5. The molecule has 1 aromatic carbocycles. The van der Waals surface area contributed by atoms with E-state index < -0.39 is 10.0 Å². The number of ether oxygens (including phenoxy) is 1. The van der Waals surface area contributed by atoms with Crippen LogP contribution in [0, 0.1) is 5.92 Å². The van der Waals surface area contributed by atoms with E-state index in [1.54, 1.807) is 24.3 Å². The molecular formula is C17H25N3O4S. The van der Waals surface area contributed by atoms with E-state index >= 15 is 0 Å². The van der Waals surface area contributed by atoms with Crippen LogP contribution in [0.5, 0.6) is 0 Å². The van der Waals surface area contributed by atoms with Crippen molar-refractivity contribution in [1.29, 1.82) is 0 Å². The normalized spacial score (nSPS) is 23.3. The van der Waals surface area contributed by atoms with Crippen LogP contribution < -0.4 is 5.32 Å². The lowest BCUT2D eigenvalue weighted by Crippen LogP contribution is -2.40. The molecule has 1 N–H and O–H groups in total. The Labute approximate surface area is 149 Å². The van der Waals surface area contributed by atoms with Gasteiger partial charge in [-0.25, -0.2) is 8.42 Å². The molecule has 0 bridgehead atoms. The quantitative estimate of drug-likeness (QED) is 0.859. The summed E-state index contributed by atoms with van der Waals surface area (Å²) in [6.07, 6.45) is 1.91. The van der Waals surface area contributed by atoms with Crippen LogP contribution in [0.15, 0.2) is 29.2 Å². The fraction of sp³-hybridized carbons (Fsp3) is 0.588. The molecule has 0 aromatic heterocycles. The minimum atomic E-state index is -3.50. The number of rotatable bonds is 4. The molecule has 2 heterocycles. The Hall–Kier alpha value is -1.48. The van der Waals surface area contributed by atoms with Crippen LogP contribution in [0.3, 0.4) is 0 Å². The van der Waals surface area contributed by atoms with Crippen LogP contribution in [0.25, 0.3) is 0 Å². The first-order chi connectivity index (χ1) is 12.0. The molecule has 2 aliphatic rings. The average molecular weight is 367 g/mol. The van der Waals surface area contributed by atoms with Crippen LogP contribution in [0.2, 0.25) is 0 Å². The SMILES string of the molecule is CN1CCC[C@@H](C(=O)Nc2ccc(S(=O)(=O)N3CCOCC3)cc2)C1. The Morgan fingerprint density at radius 1 is 1.16 bits per heavy atom.